The summed E-state index contributed by atoms with van der Waals surface area (Å²) in [5, 5.41) is 4.98. The van der Waals surface area contributed by atoms with Crippen molar-refractivity contribution in [2.45, 2.75) is 32.7 Å². The molecule has 0 bridgehead atoms. The standard InChI is InChI=1S/C18H21NO3S/c1-13(17-5-4-12-23-17)19-18(21)6-3-11-22-16-9-7-15(8-10-16)14(2)20/h4-5,7-10,12-13H,3,6,11H2,1-2H3,(H,19,21)/t13-/m0/s1. The third kappa shape index (κ3) is 5.53. The van der Waals surface area contributed by atoms with Crippen molar-refractivity contribution in [3.05, 3.63) is 52.2 Å². The van der Waals surface area contributed by atoms with Gasteiger partial charge in [-0.15, -0.1) is 11.3 Å². The van der Waals surface area contributed by atoms with Crippen molar-refractivity contribution in [2.24, 2.45) is 0 Å². The minimum absolute atomic E-state index is 0.0291. The number of Topliss-reactive ketones (excluding diaryl/α,β-unsaturated/α-hetero) is 1. The quantitative estimate of drug-likeness (QED) is 0.588. The van der Waals surface area contributed by atoms with E-state index in [0.29, 0.717) is 30.8 Å². The first-order chi connectivity index (χ1) is 11.1. The molecule has 0 aliphatic carbocycles. The molecule has 4 nitrogen and oxygen atoms in total. The Morgan fingerprint density at radius 2 is 1.96 bits per heavy atom. The third-order valence-corrected chi connectivity index (χ3v) is 4.48. The topological polar surface area (TPSA) is 55.4 Å². The van der Waals surface area contributed by atoms with Gasteiger partial charge in [-0.25, -0.2) is 0 Å². The average molecular weight is 331 g/mol. The predicted octanol–water partition coefficient (Wildman–Crippen LogP) is 3.99. The van der Waals surface area contributed by atoms with E-state index in [2.05, 4.69) is 5.32 Å². The Balaban J connectivity index is 1.66. The summed E-state index contributed by atoms with van der Waals surface area (Å²) in [6.45, 7) is 3.99. The molecular weight excluding hydrogens is 310 g/mol. The second kappa shape index (κ2) is 8.48. The van der Waals surface area contributed by atoms with Crippen LogP contribution in [0.1, 0.15) is 48.0 Å². The maximum Gasteiger partial charge on any atom is 0.220 e. The van der Waals surface area contributed by atoms with Crippen LogP contribution in [0.15, 0.2) is 41.8 Å². The Kier molecular flexibility index (Phi) is 6.35. The van der Waals surface area contributed by atoms with E-state index in [9.17, 15) is 9.59 Å². The minimum Gasteiger partial charge on any atom is -0.494 e. The van der Waals surface area contributed by atoms with E-state index in [4.69, 9.17) is 4.74 Å². The number of nitrogens with one attached hydrogen (secondary N) is 1. The fourth-order valence-corrected chi connectivity index (χ4v) is 2.87. The van der Waals surface area contributed by atoms with E-state index in [1.165, 1.54) is 6.92 Å². The van der Waals surface area contributed by atoms with Crippen LogP contribution in [0.2, 0.25) is 0 Å². The van der Waals surface area contributed by atoms with Crippen molar-refractivity contribution >= 4 is 23.0 Å². The summed E-state index contributed by atoms with van der Waals surface area (Å²) in [6, 6.07) is 11.1. The van der Waals surface area contributed by atoms with Crippen molar-refractivity contribution in [3.8, 4) is 5.75 Å². The lowest BCUT2D eigenvalue weighted by molar-refractivity contribution is -0.121. The van der Waals surface area contributed by atoms with E-state index in [1.54, 1.807) is 35.6 Å². The van der Waals surface area contributed by atoms with Gasteiger partial charge in [0.15, 0.2) is 5.78 Å². The summed E-state index contributed by atoms with van der Waals surface area (Å²) in [5.41, 5.74) is 0.666. The highest BCUT2D eigenvalue weighted by molar-refractivity contribution is 7.10. The largest absolute Gasteiger partial charge is 0.494 e. The number of hydrogen-bond acceptors (Lipinski definition) is 4. The lowest BCUT2D eigenvalue weighted by Crippen LogP contribution is -2.26. The molecule has 1 heterocycles. The SMILES string of the molecule is CC(=O)c1ccc(OCCCC(=O)N[C@@H](C)c2cccs2)cc1. The maximum atomic E-state index is 11.9. The second-order valence-electron chi connectivity index (χ2n) is 5.34. The molecule has 2 rings (SSSR count). The zero-order chi connectivity index (χ0) is 16.7. The lowest BCUT2D eigenvalue weighted by atomic mass is 10.1. The van der Waals surface area contributed by atoms with E-state index < -0.39 is 0 Å². The molecule has 0 fully saturated rings. The molecule has 5 heteroatoms. The van der Waals surface area contributed by atoms with Gasteiger partial charge < -0.3 is 10.1 Å². The summed E-state index contributed by atoms with van der Waals surface area (Å²) >= 11 is 1.64. The molecule has 0 radical (unpaired) electrons. The first kappa shape index (κ1) is 17.2. The van der Waals surface area contributed by atoms with Gasteiger partial charge in [-0.2, -0.15) is 0 Å². The van der Waals surface area contributed by atoms with Gasteiger partial charge in [0.1, 0.15) is 5.75 Å². The van der Waals surface area contributed by atoms with Gasteiger partial charge in [0.05, 0.1) is 12.6 Å². The first-order valence-corrected chi connectivity index (χ1v) is 8.51. The maximum absolute atomic E-state index is 11.9. The van der Waals surface area contributed by atoms with Gasteiger partial charge in [-0.1, -0.05) is 6.07 Å². The highest BCUT2D eigenvalue weighted by Gasteiger charge is 2.10. The molecule has 1 amide bonds. The average Bonchev–Trinajstić information content (AvgIpc) is 3.06. The number of carbonyl (C=O) groups excluding carboxylic acids is 2. The minimum atomic E-state index is 0.0291. The Morgan fingerprint density at radius 1 is 1.22 bits per heavy atom. The van der Waals surface area contributed by atoms with Crippen molar-refractivity contribution < 1.29 is 14.3 Å². The number of hydrogen-bond donors (Lipinski definition) is 1. The van der Waals surface area contributed by atoms with Gasteiger partial charge in [0, 0.05) is 16.9 Å². The second-order valence-corrected chi connectivity index (χ2v) is 6.32. The molecular formula is C18H21NO3S. The summed E-state index contributed by atoms with van der Waals surface area (Å²) in [7, 11) is 0. The van der Waals surface area contributed by atoms with Gasteiger partial charge in [-0.05, 0) is 56.0 Å². The third-order valence-electron chi connectivity index (χ3n) is 3.43. The van der Waals surface area contributed by atoms with Crippen LogP contribution in [0.3, 0.4) is 0 Å². The molecule has 2 aromatic rings. The van der Waals surface area contributed by atoms with Crippen LogP contribution < -0.4 is 10.1 Å². The van der Waals surface area contributed by atoms with Gasteiger partial charge in [0.2, 0.25) is 5.91 Å². The molecule has 1 aromatic heterocycles. The van der Waals surface area contributed by atoms with Gasteiger partial charge in [0.25, 0.3) is 0 Å². The predicted molar refractivity (Wildman–Crippen MR) is 92.1 cm³/mol. The number of carbonyl (C=O) groups is 2. The number of thiophene rings is 1. The molecule has 122 valence electrons. The van der Waals surface area contributed by atoms with E-state index in [-0.39, 0.29) is 17.7 Å². The molecule has 23 heavy (non-hydrogen) atoms. The fraction of sp³-hybridized carbons (Fsp3) is 0.333. The number of ether oxygens (including phenoxy) is 1. The molecule has 0 unspecified atom stereocenters. The summed E-state index contributed by atoms with van der Waals surface area (Å²) < 4.78 is 5.58. The van der Waals surface area contributed by atoms with Crippen LogP contribution in [0.4, 0.5) is 0 Å². The number of amides is 1. The Hall–Kier alpha value is -2.14. The van der Waals surface area contributed by atoms with Crippen LogP contribution >= 0.6 is 11.3 Å². The van der Waals surface area contributed by atoms with Crippen LogP contribution in [0.25, 0.3) is 0 Å². The molecule has 0 saturated heterocycles. The fourth-order valence-electron chi connectivity index (χ4n) is 2.13. The summed E-state index contributed by atoms with van der Waals surface area (Å²) in [4.78, 5) is 24.2. The Labute approximate surface area is 140 Å². The smallest absolute Gasteiger partial charge is 0.220 e. The lowest BCUT2D eigenvalue weighted by Gasteiger charge is -2.12. The van der Waals surface area contributed by atoms with Crippen molar-refractivity contribution in [1.29, 1.82) is 0 Å². The number of ketones is 1. The number of benzene rings is 1. The summed E-state index contributed by atoms with van der Waals surface area (Å²) in [6.07, 6.45) is 1.08. The molecule has 0 aliphatic rings. The zero-order valence-corrected chi connectivity index (χ0v) is 14.2. The highest BCUT2D eigenvalue weighted by atomic mass is 32.1. The highest BCUT2D eigenvalue weighted by Crippen LogP contribution is 2.18. The molecule has 1 N–H and O–H groups in total. The molecule has 0 aliphatic heterocycles. The van der Waals surface area contributed by atoms with Crippen molar-refractivity contribution in [3.63, 3.8) is 0 Å². The Morgan fingerprint density at radius 3 is 2.57 bits per heavy atom. The van der Waals surface area contributed by atoms with Crippen molar-refractivity contribution in [1.82, 2.24) is 5.32 Å². The first-order valence-electron chi connectivity index (χ1n) is 7.63. The number of rotatable bonds is 8. The van der Waals surface area contributed by atoms with Crippen LogP contribution in [-0.4, -0.2) is 18.3 Å². The van der Waals surface area contributed by atoms with Crippen LogP contribution in [-0.2, 0) is 4.79 Å². The van der Waals surface area contributed by atoms with Crippen molar-refractivity contribution in [2.75, 3.05) is 6.61 Å². The van der Waals surface area contributed by atoms with Gasteiger partial charge in [-0.3, -0.25) is 9.59 Å². The molecule has 1 atom stereocenters. The normalized spacial score (nSPS) is 11.7. The van der Waals surface area contributed by atoms with Gasteiger partial charge >= 0.3 is 0 Å². The molecule has 1 aromatic carbocycles. The molecule has 0 saturated carbocycles. The van der Waals surface area contributed by atoms with Crippen LogP contribution in [0, 0.1) is 0 Å². The molecule has 0 spiro atoms. The van der Waals surface area contributed by atoms with Crippen LogP contribution in [0.5, 0.6) is 5.75 Å². The Bertz CT molecular complexity index is 635. The zero-order valence-electron chi connectivity index (χ0n) is 13.4. The van der Waals surface area contributed by atoms with E-state index >= 15 is 0 Å². The monoisotopic (exact) mass is 331 g/mol. The summed E-state index contributed by atoms with van der Waals surface area (Å²) in [5.74, 6) is 0.775. The van der Waals surface area contributed by atoms with E-state index in [0.717, 1.165) is 4.88 Å². The van der Waals surface area contributed by atoms with E-state index in [1.807, 2.05) is 24.4 Å².